The molecule has 0 bridgehead atoms. The molecule has 0 N–H and O–H groups in total. The Morgan fingerprint density at radius 2 is 2.00 bits per heavy atom. The predicted molar refractivity (Wildman–Crippen MR) is 58.2 cm³/mol. The van der Waals surface area contributed by atoms with Crippen LogP contribution in [-0.4, -0.2) is 17.3 Å². The topological polar surface area (TPSA) is 17.1 Å². The summed E-state index contributed by atoms with van der Waals surface area (Å²) in [7, 11) is 0. The Kier molecular flexibility index (Phi) is 4.49. The smallest absolute Gasteiger partial charge is 0.178 e. The summed E-state index contributed by atoms with van der Waals surface area (Å²) in [5, 5.41) is 0. The third-order valence-electron chi connectivity index (χ3n) is 1.71. The molecule has 0 heterocycles. The van der Waals surface area contributed by atoms with Gasteiger partial charge in [0.2, 0.25) is 0 Å². The van der Waals surface area contributed by atoms with E-state index in [-0.39, 0.29) is 5.75 Å². The standard InChI is InChI=1S/C11H10F2OS/c1-2-6-15-7-10(14)11-8(12)4-3-5-9(11)13/h2-5H,1,6-7H2. The van der Waals surface area contributed by atoms with Crippen LogP contribution >= 0.6 is 11.8 Å². The second kappa shape index (κ2) is 5.66. The molecule has 0 saturated heterocycles. The SMILES string of the molecule is C=CCSCC(=O)c1c(F)cccc1F. The lowest BCUT2D eigenvalue weighted by Crippen LogP contribution is -2.08. The first-order chi connectivity index (χ1) is 7.16. The van der Waals surface area contributed by atoms with Crippen LogP contribution in [0.25, 0.3) is 0 Å². The van der Waals surface area contributed by atoms with Gasteiger partial charge in [-0.25, -0.2) is 8.78 Å². The summed E-state index contributed by atoms with van der Waals surface area (Å²) in [6, 6.07) is 3.39. The van der Waals surface area contributed by atoms with E-state index in [0.29, 0.717) is 5.75 Å². The van der Waals surface area contributed by atoms with Crippen molar-refractivity contribution in [3.05, 3.63) is 48.1 Å². The van der Waals surface area contributed by atoms with Gasteiger partial charge < -0.3 is 0 Å². The van der Waals surface area contributed by atoms with Crippen LogP contribution in [0.1, 0.15) is 10.4 Å². The zero-order valence-corrected chi connectivity index (χ0v) is 8.82. The third-order valence-corrected chi connectivity index (χ3v) is 2.65. The minimum atomic E-state index is -0.806. The maximum atomic E-state index is 13.1. The fourth-order valence-electron chi connectivity index (χ4n) is 1.07. The second-order valence-electron chi connectivity index (χ2n) is 2.82. The minimum absolute atomic E-state index is 0.0594. The zero-order chi connectivity index (χ0) is 11.3. The molecule has 0 aliphatic rings. The molecule has 15 heavy (non-hydrogen) atoms. The van der Waals surface area contributed by atoms with Crippen LogP contribution in [0.3, 0.4) is 0 Å². The Morgan fingerprint density at radius 3 is 2.53 bits per heavy atom. The van der Waals surface area contributed by atoms with Gasteiger partial charge in [0.1, 0.15) is 11.6 Å². The van der Waals surface area contributed by atoms with Crippen molar-refractivity contribution >= 4 is 17.5 Å². The molecule has 0 radical (unpaired) electrons. The number of hydrogen-bond acceptors (Lipinski definition) is 2. The number of ketones is 1. The van der Waals surface area contributed by atoms with Gasteiger partial charge in [-0.1, -0.05) is 12.1 Å². The highest BCUT2D eigenvalue weighted by atomic mass is 32.2. The number of rotatable bonds is 5. The van der Waals surface area contributed by atoms with Crippen molar-refractivity contribution in [2.45, 2.75) is 0 Å². The molecule has 80 valence electrons. The van der Waals surface area contributed by atoms with E-state index in [0.717, 1.165) is 12.1 Å². The van der Waals surface area contributed by atoms with Gasteiger partial charge in [-0.15, -0.1) is 18.3 Å². The van der Waals surface area contributed by atoms with Crippen LogP contribution in [0.15, 0.2) is 30.9 Å². The maximum Gasteiger partial charge on any atom is 0.178 e. The Morgan fingerprint density at radius 1 is 1.40 bits per heavy atom. The Hall–Kier alpha value is -1.16. The molecule has 0 unspecified atom stereocenters. The molecule has 1 aromatic rings. The van der Waals surface area contributed by atoms with Crippen molar-refractivity contribution in [2.75, 3.05) is 11.5 Å². The first kappa shape index (κ1) is 11.9. The van der Waals surface area contributed by atoms with Crippen molar-refractivity contribution in [2.24, 2.45) is 0 Å². The molecule has 0 aromatic heterocycles. The summed E-state index contributed by atoms with van der Waals surface area (Å²) in [4.78, 5) is 11.4. The Labute approximate surface area is 91.2 Å². The van der Waals surface area contributed by atoms with E-state index in [1.54, 1.807) is 6.08 Å². The van der Waals surface area contributed by atoms with Crippen LogP contribution in [0, 0.1) is 11.6 Å². The molecule has 1 nitrogen and oxygen atoms in total. The highest BCUT2D eigenvalue weighted by molar-refractivity contribution is 8.00. The van der Waals surface area contributed by atoms with E-state index in [4.69, 9.17) is 0 Å². The molecular formula is C11H10F2OS. The van der Waals surface area contributed by atoms with Gasteiger partial charge in [0.05, 0.1) is 11.3 Å². The summed E-state index contributed by atoms with van der Waals surface area (Å²) >= 11 is 1.27. The van der Waals surface area contributed by atoms with Crippen molar-refractivity contribution in [3.63, 3.8) is 0 Å². The van der Waals surface area contributed by atoms with E-state index in [2.05, 4.69) is 6.58 Å². The van der Waals surface area contributed by atoms with Gasteiger partial charge in [0, 0.05) is 5.75 Å². The number of carbonyl (C=O) groups excluding carboxylic acids is 1. The number of benzene rings is 1. The van der Waals surface area contributed by atoms with Crippen LogP contribution in [0.5, 0.6) is 0 Å². The number of halogens is 2. The average Bonchev–Trinajstić information content (AvgIpc) is 2.18. The molecule has 0 aliphatic heterocycles. The fraction of sp³-hybridized carbons (Fsp3) is 0.182. The minimum Gasteiger partial charge on any atom is -0.293 e. The lowest BCUT2D eigenvalue weighted by atomic mass is 10.1. The van der Waals surface area contributed by atoms with Gasteiger partial charge >= 0.3 is 0 Å². The van der Waals surface area contributed by atoms with Crippen molar-refractivity contribution in [1.82, 2.24) is 0 Å². The van der Waals surface area contributed by atoms with Crippen LogP contribution < -0.4 is 0 Å². The average molecular weight is 228 g/mol. The number of Topliss-reactive ketones (excluding diaryl/α,β-unsaturated/α-hetero) is 1. The molecule has 0 atom stereocenters. The van der Waals surface area contributed by atoms with E-state index in [9.17, 15) is 13.6 Å². The number of carbonyl (C=O) groups is 1. The summed E-state index contributed by atoms with van der Waals surface area (Å²) in [5.74, 6) is -1.50. The van der Waals surface area contributed by atoms with E-state index in [1.807, 2.05) is 0 Å². The Balaban J connectivity index is 2.77. The molecule has 0 amide bonds. The zero-order valence-electron chi connectivity index (χ0n) is 8.00. The van der Waals surface area contributed by atoms with E-state index < -0.39 is 23.0 Å². The van der Waals surface area contributed by atoms with Gasteiger partial charge in [-0.05, 0) is 12.1 Å². The lowest BCUT2D eigenvalue weighted by molar-refractivity contribution is 0.101. The highest BCUT2D eigenvalue weighted by Crippen LogP contribution is 2.15. The van der Waals surface area contributed by atoms with Crippen molar-refractivity contribution in [3.8, 4) is 0 Å². The molecular weight excluding hydrogens is 218 g/mol. The lowest BCUT2D eigenvalue weighted by Gasteiger charge is -2.02. The fourth-order valence-corrected chi connectivity index (χ4v) is 1.69. The van der Waals surface area contributed by atoms with Gasteiger partial charge in [0.25, 0.3) is 0 Å². The summed E-state index contributed by atoms with van der Waals surface area (Å²) in [6.07, 6.45) is 1.63. The summed E-state index contributed by atoms with van der Waals surface area (Å²) in [5.41, 5.74) is -0.450. The van der Waals surface area contributed by atoms with Crippen molar-refractivity contribution < 1.29 is 13.6 Å². The van der Waals surface area contributed by atoms with Crippen LogP contribution in [-0.2, 0) is 0 Å². The van der Waals surface area contributed by atoms with Gasteiger partial charge in [-0.3, -0.25) is 4.79 Å². The molecule has 0 fully saturated rings. The molecule has 0 saturated carbocycles. The first-order valence-corrected chi connectivity index (χ1v) is 5.48. The molecule has 0 spiro atoms. The van der Waals surface area contributed by atoms with Gasteiger partial charge in [-0.2, -0.15) is 0 Å². The number of thioether (sulfide) groups is 1. The highest BCUT2D eigenvalue weighted by Gasteiger charge is 2.16. The van der Waals surface area contributed by atoms with Crippen LogP contribution in [0.4, 0.5) is 8.78 Å². The number of hydrogen-bond donors (Lipinski definition) is 0. The molecule has 4 heteroatoms. The monoisotopic (exact) mass is 228 g/mol. The first-order valence-electron chi connectivity index (χ1n) is 4.32. The Bertz CT molecular complexity index is 357. The van der Waals surface area contributed by atoms with E-state index >= 15 is 0 Å². The third kappa shape index (κ3) is 3.16. The normalized spacial score (nSPS) is 10.0. The summed E-state index contributed by atoms with van der Waals surface area (Å²) in [6.45, 7) is 3.49. The predicted octanol–water partition coefficient (Wildman–Crippen LogP) is 3.07. The summed E-state index contributed by atoms with van der Waals surface area (Å²) < 4.78 is 26.2. The van der Waals surface area contributed by atoms with Crippen LogP contribution in [0.2, 0.25) is 0 Å². The van der Waals surface area contributed by atoms with Gasteiger partial charge in [0.15, 0.2) is 5.78 Å². The van der Waals surface area contributed by atoms with Crippen molar-refractivity contribution in [1.29, 1.82) is 0 Å². The second-order valence-corrected chi connectivity index (χ2v) is 3.85. The molecule has 1 aromatic carbocycles. The molecule has 1 rings (SSSR count). The largest absolute Gasteiger partial charge is 0.293 e. The molecule has 0 aliphatic carbocycles. The maximum absolute atomic E-state index is 13.1. The quantitative estimate of drug-likeness (QED) is 0.437. The van der Waals surface area contributed by atoms with E-state index in [1.165, 1.54) is 17.8 Å².